The Kier molecular flexibility index (Phi) is 3.95. The largest absolute Gasteiger partial charge is 0.387 e. The molecule has 5 heteroatoms. The predicted molar refractivity (Wildman–Crippen MR) is 86.6 cm³/mol. The van der Waals surface area contributed by atoms with E-state index in [1.165, 1.54) is 5.56 Å². The Morgan fingerprint density at radius 1 is 1.52 bits per heavy atom. The van der Waals surface area contributed by atoms with Crippen LogP contribution in [0.1, 0.15) is 17.5 Å². The van der Waals surface area contributed by atoms with E-state index in [0.29, 0.717) is 18.7 Å². The summed E-state index contributed by atoms with van der Waals surface area (Å²) in [5, 5.41) is 14.2. The van der Waals surface area contributed by atoms with Crippen LogP contribution < -0.4 is 5.32 Å². The fourth-order valence-corrected chi connectivity index (χ4v) is 4.04. The van der Waals surface area contributed by atoms with E-state index in [-0.39, 0.29) is 5.91 Å². The van der Waals surface area contributed by atoms with Gasteiger partial charge in [-0.2, -0.15) is 11.8 Å². The van der Waals surface area contributed by atoms with Crippen molar-refractivity contribution < 1.29 is 9.90 Å². The monoisotopic (exact) mass is 304 g/mol. The number of fused-ring (bicyclic) bond motifs is 1. The minimum absolute atomic E-state index is 0.0391. The van der Waals surface area contributed by atoms with Crippen LogP contribution in [0.4, 0.5) is 0 Å². The second-order valence-corrected chi connectivity index (χ2v) is 6.90. The van der Waals surface area contributed by atoms with Gasteiger partial charge in [0.1, 0.15) is 0 Å². The Balaban J connectivity index is 1.65. The van der Waals surface area contributed by atoms with Gasteiger partial charge in [-0.25, -0.2) is 0 Å². The number of aromatic nitrogens is 1. The molecule has 112 valence electrons. The number of hydrogen-bond donors (Lipinski definition) is 3. The number of aromatic amines is 1. The number of aryl methyl sites for hydroxylation is 1. The smallest absolute Gasteiger partial charge is 0.224 e. The number of carbonyl (C=O) groups is 1. The summed E-state index contributed by atoms with van der Waals surface area (Å²) in [6, 6.07) is 6.09. The zero-order chi connectivity index (χ0) is 14.9. The highest BCUT2D eigenvalue weighted by Gasteiger charge is 2.31. The van der Waals surface area contributed by atoms with Gasteiger partial charge >= 0.3 is 0 Å². The summed E-state index contributed by atoms with van der Waals surface area (Å²) in [4.78, 5) is 15.3. The van der Waals surface area contributed by atoms with E-state index < -0.39 is 5.60 Å². The second-order valence-electron chi connectivity index (χ2n) is 5.79. The Labute approximate surface area is 128 Å². The maximum atomic E-state index is 12.1. The summed E-state index contributed by atoms with van der Waals surface area (Å²) < 4.78 is 0. The number of aliphatic hydroxyl groups is 1. The zero-order valence-electron chi connectivity index (χ0n) is 12.1. The molecule has 0 aliphatic carbocycles. The van der Waals surface area contributed by atoms with Crippen molar-refractivity contribution in [3.05, 3.63) is 35.5 Å². The molecule has 1 aliphatic rings. The predicted octanol–water partition coefficient (Wildman–Crippen LogP) is 2.00. The van der Waals surface area contributed by atoms with Crippen molar-refractivity contribution >= 4 is 28.6 Å². The molecule has 2 heterocycles. The molecular weight excluding hydrogens is 284 g/mol. The first kappa shape index (κ1) is 14.5. The van der Waals surface area contributed by atoms with Gasteiger partial charge in [0.15, 0.2) is 0 Å². The molecule has 1 saturated heterocycles. The van der Waals surface area contributed by atoms with Crippen molar-refractivity contribution in [2.24, 2.45) is 0 Å². The molecule has 0 bridgehead atoms. The number of nitrogens with one attached hydrogen (secondary N) is 2. The lowest BCUT2D eigenvalue weighted by Gasteiger charge is -2.21. The molecule has 1 amide bonds. The highest BCUT2D eigenvalue weighted by molar-refractivity contribution is 7.99. The molecular formula is C16H20N2O2S. The Morgan fingerprint density at radius 3 is 3.14 bits per heavy atom. The molecule has 1 aromatic carbocycles. The summed E-state index contributed by atoms with van der Waals surface area (Å²) in [7, 11) is 0. The maximum absolute atomic E-state index is 12.1. The Hall–Kier alpha value is -1.46. The lowest BCUT2D eigenvalue weighted by Crippen LogP contribution is -2.43. The van der Waals surface area contributed by atoms with Crippen molar-refractivity contribution in [1.82, 2.24) is 10.3 Å². The van der Waals surface area contributed by atoms with Crippen LogP contribution in [0.15, 0.2) is 24.4 Å². The van der Waals surface area contributed by atoms with Gasteiger partial charge in [-0.15, -0.1) is 0 Å². The van der Waals surface area contributed by atoms with Crippen LogP contribution in [0.3, 0.4) is 0 Å². The quantitative estimate of drug-likeness (QED) is 0.809. The van der Waals surface area contributed by atoms with Crippen molar-refractivity contribution in [2.75, 3.05) is 18.1 Å². The van der Waals surface area contributed by atoms with Gasteiger partial charge in [-0.05, 0) is 30.2 Å². The van der Waals surface area contributed by atoms with E-state index in [2.05, 4.69) is 23.3 Å². The average molecular weight is 304 g/mol. The first-order valence-electron chi connectivity index (χ1n) is 7.20. The van der Waals surface area contributed by atoms with Crippen LogP contribution in [-0.4, -0.2) is 39.6 Å². The highest BCUT2D eigenvalue weighted by Crippen LogP contribution is 2.27. The normalized spacial score (nSPS) is 21.8. The van der Waals surface area contributed by atoms with Crippen molar-refractivity contribution in [1.29, 1.82) is 0 Å². The molecule has 3 rings (SSSR count). The number of rotatable bonds is 4. The molecule has 1 aromatic heterocycles. The van der Waals surface area contributed by atoms with Crippen molar-refractivity contribution in [2.45, 2.75) is 25.4 Å². The first-order chi connectivity index (χ1) is 10.1. The molecule has 0 radical (unpaired) electrons. The lowest BCUT2D eigenvalue weighted by atomic mass is 10.0. The molecule has 21 heavy (non-hydrogen) atoms. The first-order valence-corrected chi connectivity index (χ1v) is 8.35. The maximum Gasteiger partial charge on any atom is 0.224 e. The number of thioether (sulfide) groups is 1. The fourth-order valence-electron chi connectivity index (χ4n) is 2.74. The fraction of sp³-hybridized carbons (Fsp3) is 0.438. The van der Waals surface area contributed by atoms with Gasteiger partial charge in [0, 0.05) is 29.4 Å². The molecule has 0 saturated carbocycles. The number of hydrogen-bond acceptors (Lipinski definition) is 3. The summed E-state index contributed by atoms with van der Waals surface area (Å²) in [6.07, 6.45) is 2.99. The third kappa shape index (κ3) is 3.09. The number of amides is 1. The molecule has 1 fully saturated rings. The number of carbonyl (C=O) groups excluding carboxylic acids is 1. The van der Waals surface area contributed by atoms with E-state index >= 15 is 0 Å². The van der Waals surface area contributed by atoms with Crippen LogP contribution in [0.5, 0.6) is 0 Å². The zero-order valence-corrected chi connectivity index (χ0v) is 12.9. The lowest BCUT2D eigenvalue weighted by molar-refractivity contribution is -0.121. The van der Waals surface area contributed by atoms with Gasteiger partial charge in [-0.3, -0.25) is 4.79 Å². The minimum Gasteiger partial charge on any atom is -0.387 e. The van der Waals surface area contributed by atoms with E-state index in [0.717, 1.165) is 28.6 Å². The number of para-hydroxylation sites is 1. The molecule has 0 spiro atoms. The minimum atomic E-state index is -0.725. The third-order valence-corrected chi connectivity index (χ3v) is 5.29. The van der Waals surface area contributed by atoms with Gasteiger partial charge < -0.3 is 15.4 Å². The van der Waals surface area contributed by atoms with Crippen LogP contribution in [-0.2, 0) is 11.2 Å². The van der Waals surface area contributed by atoms with Gasteiger partial charge in [-0.1, -0.05) is 18.2 Å². The van der Waals surface area contributed by atoms with Crippen LogP contribution >= 0.6 is 11.8 Å². The summed E-state index contributed by atoms with van der Waals surface area (Å²) in [6.45, 7) is 2.40. The summed E-state index contributed by atoms with van der Waals surface area (Å²) in [5.74, 6) is 1.64. The highest BCUT2D eigenvalue weighted by atomic mass is 32.2. The van der Waals surface area contributed by atoms with Crippen molar-refractivity contribution in [3.8, 4) is 0 Å². The van der Waals surface area contributed by atoms with Gasteiger partial charge in [0.25, 0.3) is 0 Å². The SMILES string of the molecule is Cc1cccc2c(CC(=O)NCC3(O)CCSC3)c[nH]c12. The van der Waals surface area contributed by atoms with E-state index in [1.54, 1.807) is 11.8 Å². The molecule has 1 aliphatic heterocycles. The van der Waals surface area contributed by atoms with E-state index in [9.17, 15) is 9.90 Å². The standard InChI is InChI=1S/C16H20N2O2S/c1-11-3-2-4-13-12(8-17-15(11)13)7-14(19)18-9-16(20)5-6-21-10-16/h2-4,8,17,20H,5-7,9-10H2,1H3,(H,18,19). The molecule has 2 aromatic rings. The molecule has 3 N–H and O–H groups in total. The van der Waals surface area contributed by atoms with Crippen molar-refractivity contribution in [3.63, 3.8) is 0 Å². The topological polar surface area (TPSA) is 65.1 Å². The van der Waals surface area contributed by atoms with Crippen LogP contribution in [0.2, 0.25) is 0 Å². The Morgan fingerprint density at radius 2 is 2.38 bits per heavy atom. The van der Waals surface area contributed by atoms with Gasteiger partial charge in [0.2, 0.25) is 5.91 Å². The van der Waals surface area contributed by atoms with Gasteiger partial charge in [0.05, 0.1) is 12.0 Å². The third-order valence-electron chi connectivity index (χ3n) is 4.06. The molecule has 1 unspecified atom stereocenters. The van der Waals surface area contributed by atoms with Crippen LogP contribution in [0.25, 0.3) is 10.9 Å². The average Bonchev–Trinajstić information content (AvgIpc) is 3.06. The summed E-state index contributed by atoms with van der Waals surface area (Å²) in [5.41, 5.74) is 2.54. The Bertz CT molecular complexity index is 659. The molecule has 1 atom stereocenters. The number of H-pyrrole nitrogens is 1. The van der Waals surface area contributed by atoms with E-state index in [1.807, 2.05) is 18.3 Å². The second kappa shape index (κ2) is 5.73. The number of benzene rings is 1. The van der Waals surface area contributed by atoms with E-state index in [4.69, 9.17) is 0 Å². The van der Waals surface area contributed by atoms with Crippen LogP contribution in [0, 0.1) is 6.92 Å². The molecule has 4 nitrogen and oxygen atoms in total. The summed E-state index contributed by atoms with van der Waals surface area (Å²) >= 11 is 1.74.